The predicted octanol–water partition coefficient (Wildman–Crippen LogP) is 4.30. The lowest BCUT2D eigenvalue weighted by atomic mass is 9.88. The summed E-state index contributed by atoms with van der Waals surface area (Å²) in [7, 11) is 0. The molecule has 2 rings (SSSR count). The molecule has 2 heteroatoms. The molecule has 0 aromatic carbocycles. The number of hydrogen-bond donors (Lipinski definition) is 1. The van der Waals surface area contributed by atoms with Crippen LogP contribution in [-0.2, 0) is 0 Å². The van der Waals surface area contributed by atoms with Gasteiger partial charge in [-0.25, -0.2) is 0 Å². The Balaban J connectivity index is 2.08. The van der Waals surface area contributed by atoms with Gasteiger partial charge in [-0.2, -0.15) is 0 Å². The Morgan fingerprint density at radius 3 is 2.43 bits per heavy atom. The first kappa shape index (κ1) is 17.3. The second-order valence-electron chi connectivity index (χ2n) is 8.43. The molecule has 4 atom stereocenters. The number of nitrogens with one attached hydrogen (secondary N) is 1. The van der Waals surface area contributed by atoms with E-state index in [1.165, 1.54) is 51.6 Å². The van der Waals surface area contributed by atoms with Gasteiger partial charge in [-0.3, -0.25) is 4.90 Å². The van der Waals surface area contributed by atoms with Gasteiger partial charge in [0.25, 0.3) is 0 Å². The third-order valence-electron chi connectivity index (χ3n) is 5.74. The minimum atomic E-state index is 0.704. The highest BCUT2D eigenvalue weighted by atomic mass is 15.3. The number of hydrogen-bond acceptors (Lipinski definition) is 2. The fourth-order valence-corrected chi connectivity index (χ4v) is 4.55. The molecule has 0 aromatic heterocycles. The molecule has 4 unspecified atom stereocenters. The van der Waals surface area contributed by atoms with Crippen LogP contribution in [0.3, 0.4) is 0 Å². The quantitative estimate of drug-likeness (QED) is 0.778. The smallest absolute Gasteiger partial charge is 0.0247 e. The molecule has 0 radical (unpaired) electrons. The first-order valence-corrected chi connectivity index (χ1v) is 9.48. The molecule has 1 saturated heterocycles. The third kappa shape index (κ3) is 4.69. The van der Waals surface area contributed by atoms with E-state index in [2.05, 4.69) is 44.8 Å². The normalized spacial score (nSPS) is 36.1. The van der Waals surface area contributed by atoms with Gasteiger partial charge in [0.15, 0.2) is 0 Å². The molecular weight excluding hydrogens is 256 g/mol. The second-order valence-corrected chi connectivity index (χ2v) is 8.43. The summed E-state index contributed by atoms with van der Waals surface area (Å²) in [6.45, 7) is 14.5. The summed E-state index contributed by atoms with van der Waals surface area (Å²) < 4.78 is 0. The second kappa shape index (κ2) is 7.97. The molecule has 124 valence electrons. The zero-order valence-corrected chi connectivity index (χ0v) is 15.1. The summed E-state index contributed by atoms with van der Waals surface area (Å²) in [5.41, 5.74) is 0. The van der Waals surface area contributed by atoms with Gasteiger partial charge >= 0.3 is 0 Å². The maximum absolute atomic E-state index is 3.84. The summed E-state index contributed by atoms with van der Waals surface area (Å²) in [4.78, 5) is 2.92. The van der Waals surface area contributed by atoms with Crippen molar-refractivity contribution < 1.29 is 0 Å². The summed E-state index contributed by atoms with van der Waals surface area (Å²) in [5.74, 6) is 2.44. The Hall–Kier alpha value is -0.0800. The minimum Gasteiger partial charge on any atom is -0.311 e. The van der Waals surface area contributed by atoms with E-state index in [0.717, 1.165) is 29.8 Å². The van der Waals surface area contributed by atoms with E-state index >= 15 is 0 Å². The van der Waals surface area contributed by atoms with Gasteiger partial charge in [0.05, 0.1) is 0 Å². The number of piperazine rings is 1. The number of nitrogens with zero attached hydrogens (tertiary/aromatic N) is 1. The van der Waals surface area contributed by atoms with Crippen molar-refractivity contribution in [3.63, 3.8) is 0 Å². The molecule has 1 N–H and O–H groups in total. The van der Waals surface area contributed by atoms with Crippen molar-refractivity contribution in [2.24, 2.45) is 17.8 Å². The molecule has 0 amide bonds. The molecule has 0 aromatic rings. The zero-order valence-electron chi connectivity index (χ0n) is 15.1. The Morgan fingerprint density at radius 2 is 1.76 bits per heavy atom. The highest BCUT2D eigenvalue weighted by Crippen LogP contribution is 2.31. The standard InChI is InChI=1S/C19H38N2/c1-14(2)11-17-13-21(19(12-20-17)15(3)4)18-10-8-6-7-9-16(18)5/h14-20H,6-13H2,1-5H3. The van der Waals surface area contributed by atoms with Crippen LogP contribution in [-0.4, -0.2) is 36.1 Å². The van der Waals surface area contributed by atoms with Crippen molar-refractivity contribution in [2.75, 3.05) is 13.1 Å². The fraction of sp³-hybridized carbons (Fsp3) is 1.00. The van der Waals surface area contributed by atoms with Crippen molar-refractivity contribution in [3.05, 3.63) is 0 Å². The molecule has 1 aliphatic heterocycles. The summed E-state index contributed by atoms with van der Waals surface area (Å²) in [6.07, 6.45) is 8.54. The van der Waals surface area contributed by atoms with E-state index < -0.39 is 0 Å². The van der Waals surface area contributed by atoms with Crippen LogP contribution in [0.25, 0.3) is 0 Å². The van der Waals surface area contributed by atoms with Crippen molar-refractivity contribution in [3.8, 4) is 0 Å². The van der Waals surface area contributed by atoms with Gasteiger partial charge in [0.1, 0.15) is 0 Å². The van der Waals surface area contributed by atoms with Gasteiger partial charge in [-0.05, 0) is 37.0 Å². The molecule has 1 aliphatic carbocycles. The molecule has 2 aliphatic rings. The summed E-state index contributed by atoms with van der Waals surface area (Å²) >= 11 is 0. The van der Waals surface area contributed by atoms with Crippen LogP contribution in [0.2, 0.25) is 0 Å². The lowest BCUT2D eigenvalue weighted by molar-refractivity contribution is 0.0259. The van der Waals surface area contributed by atoms with Crippen molar-refractivity contribution in [1.82, 2.24) is 10.2 Å². The zero-order chi connectivity index (χ0) is 15.4. The molecule has 1 saturated carbocycles. The third-order valence-corrected chi connectivity index (χ3v) is 5.74. The van der Waals surface area contributed by atoms with E-state index in [0.29, 0.717) is 6.04 Å². The highest BCUT2D eigenvalue weighted by Gasteiger charge is 2.36. The summed E-state index contributed by atoms with van der Waals surface area (Å²) in [6, 6.07) is 2.27. The van der Waals surface area contributed by atoms with Crippen molar-refractivity contribution >= 4 is 0 Å². The SMILES string of the molecule is CC(C)CC1CN(C2CCCCCC2C)C(C(C)C)CN1. The summed E-state index contributed by atoms with van der Waals surface area (Å²) in [5, 5.41) is 3.84. The van der Waals surface area contributed by atoms with Crippen molar-refractivity contribution in [1.29, 1.82) is 0 Å². The van der Waals surface area contributed by atoms with Crippen LogP contribution < -0.4 is 5.32 Å². The maximum atomic E-state index is 3.84. The Morgan fingerprint density at radius 1 is 1.05 bits per heavy atom. The van der Waals surface area contributed by atoms with Crippen LogP contribution in [0.5, 0.6) is 0 Å². The lowest BCUT2D eigenvalue weighted by Gasteiger charge is -2.48. The molecular formula is C19H38N2. The average Bonchev–Trinajstić information content (AvgIpc) is 2.62. The molecule has 0 spiro atoms. The predicted molar refractivity (Wildman–Crippen MR) is 92.6 cm³/mol. The van der Waals surface area contributed by atoms with Crippen LogP contribution in [0, 0.1) is 17.8 Å². The molecule has 21 heavy (non-hydrogen) atoms. The fourth-order valence-electron chi connectivity index (χ4n) is 4.55. The number of rotatable bonds is 4. The lowest BCUT2D eigenvalue weighted by Crippen LogP contribution is -2.62. The molecule has 1 heterocycles. The Kier molecular flexibility index (Phi) is 6.55. The van der Waals surface area contributed by atoms with E-state index in [-0.39, 0.29) is 0 Å². The van der Waals surface area contributed by atoms with E-state index in [9.17, 15) is 0 Å². The van der Waals surface area contributed by atoms with Crippen molar-refractivity contribution in [2.45, 2.75) is 91.3 Å². The largest absolute Gasteiger partial charge is 0.311 e. The highest BCUT2D eigenvalue weighted by molar-refractivity contribution is 4.93. The molecule has 0 bridgehead atoms. The topological polar surface area (TPSA) is 15.3 Å². The van der Waals surface area contributed by atoms with Gasteiger partial charge in [-0.15, -0.1) is 0 Å². The van der Waals surface area contributed by atoms with Crippen LogP contribution in [0.1, 0.15) is 73.1 Å². The first-order valence-electron chi connectivity index (χ1n) is 9.48. The average molecular weight is 295 g/mol. The van der Waals surface area contributed by atoms with E-state index in [4.69, 9.17) is 0 Å². The van der Waals surface area contributed by atoms with Gasteiger partial charge in [0.2, 0.25) is 0 Å². The van der Waals surface area contributed by atoms with E-state index in [1.54, 1.807) is 0 Å². The van der Waals surface area contributed by atoms with E-state index in [1.807, 2.05) is 0 Å². The van der Waals surface area contributed by atoms with Crippen LogP contribution in [0.4, 0.5) is 0 Å². The van der Waals surface area contributed by atoms with Gasteiger partial charge in [0, 0.05) is 31.2 Å². The molecule has 2 fully saturated rings. The Bertz CT molecular complexity index is 300. The van der Waals surface area contributed by atoms with Crippen LogP contribution in [0.15, 0.2) is 0 Å². The van der Waals surface area contributed by atoms with Gasteiger partial charge in [-0.1, -0.05) is 53.9 Å². The first-order chi connectivity index (χ1) is 9.99. The minimum absolute atomic E-state index is 0.704. The maximum Gasteiger partial charge on any atom is 0.0247 e. The Labute approximate surface area is 133 Å². The van der Waals surface area contributed by atoms with Crippen LogP contribution >= 0.6 is 0 Å². The monoisotopic (exact) mass is 294 g/mol. The molecule has 2 nitrogen and oxygen atoms in total. The van der Waals surface area contributed by atoms with Gasteiger partial charge < -0.3 is 5.32 Å².